The Kier molecular flexibility index (Phi) is 3.29. The number of nitrogens with two attached hydrogens (primary N) is 2. The van der Waals surface area contributed by atoms with E-state index in [-0.39, 0.29) is 12.1 Å². The Balaban J connectivity index is 2.00. The smallest absolute Gasteiger partial charge is 0.0406 e. The van der Waals surface area contributed by atoms with Gasteiger partial charge in [0.2, 0.25) is 0 Å². The van der Waals surface area contributed by atoms with Crippen molar-refractivity contribution in [3.63, 3.8) is 0 Å². The first-order chi connectivity index (χ1) is 7.15. The minimum absolute atomic E-state index is 0.260. The average Bonchev–Trinajstić information content (AvgIpc) is 2.49. The molecule has 0 amide bonds. The van der Waals surface area contributed by atoms with Crippen LogP contribution in [0.4, 0.5) is 0 Å². The van der Waals surface area contributed by atoms with Gasteiger partial charge >= 0.3 is 0 Å². The molecular weight excluding hydrogens is 208 g/mol. The summed E-state index contributed by atoms with van der Waals surface area (Å²) in [6.45, 7) is 0. The van der Waals surface area contributed by atoms with Crippen LogP contribution in [-0.2, 0) is 6.42 Å². The van der Waals surface area contributed by atoms with Gasteiger partial charge in [-0.3, -0.25) is 0 Å². The topological polar surface area (TPSA) is 52.0 Å². The number of halogens is 1. The lowest BCUT2D eigenvalue weighted by Gasteiger charge is -2.14. The van der Waals surface area contributed by atoms with Crippen molar-refractivity contribution in [3.05, 3.63) is 34.9 Å². The normalized spacial score (nSPS) is 30.7. The Hall–Kier alpha value is -0.570. The summed E-state index contributed by atoms with van der Waals surface area (Å²) in [5.41, 5.74) is 13.2. The standard InChI is InChI=1S/C12H17ClN2/c13-10-3-1-8(2-4-10)5-9-6-11(14)7-12(9)15/h1-4,9,11-12H,5-7,14-15H2. The summed E-state index contributed by atoms with van der Waals surface area (Å²) in [5, 5.41) is 0.783. The molecule has 1 aromatic carbocycles. The van der Waals surface area contributed by atoms with Crippen molar-refractivity contribution in [2.75, 3.05) is 0 Å². The van der Waals surface area contributed by atoms with E-state index in [9.17, 15) is 0 Å². The molecule has 2 rings (SSSR count). The molecule has 1 fully saturated rings. The Bertz CT molecular complexity index is 323. The molecule has 82 valence electrons. The van der Waals surface area contributed by atoms with Gasteiger partial charge in [0.25, 0.3) is 0 Å². The van der Waals surface area contributed by atoms with Crippen molar-refractivity contribution in [3.8, 4) is 0 Å². The summed E-state index contributed by atoms with van der Waals surface area (Å²) in [5.74, 6) is 0.529. The van der Waals surface area contributed by atoms with Crippen molar-refractivity contribution in [2.45, 2.75) is 31.3 Å². The molecule has 0 aromatic heterocycles. The van der Waals surface area contributed by atoms with Crippen LogP contribution in [0.1, 0.15) is 18.4 Å². The van der Waals surface area contributed by atoms with E-state index in [4.69, 9.17) is 23.1 Å². The summed E-state index contributed by atoms with van der Waals surface area (Å²) in [4.78, 5) is 0. The van der Waals surface area contributed by atoms with Crippen molar-refractivity contribution in [1.29, 1.82) is 0 Å². The second-order valence-corrected chi connectivity index (χ2v) is 4.92. The zero-order valence-corrected chi connectivity index (χ0v) is 9.45. The third kappa shape index (κ3) is 2.71. The van der Waals surface area contributed by atoms with Gasteiger partial charge in [-0.15, -0.1) is 0 Å². The lowest BCUT2D eigenvalue weighted by atomic mass is 9.95. The van der Waals surface area contributed by atoms with Gasteiger partial charge in [0.15, 0.2) is 0 Å². The molecule has 4 N–H and O–H groups in total. The van der Waals surface area contributed by atoms with Gasteiger partial charge in [-0.25, -0.2) is 0 Å². The van der Waals surface area contributed by atoms with Gasteiger partial charge in [-0.05, 0) is 42.9 Å². The van der Waals surface area contributed by atoms with Crippen LogP contribution >= 0.6 is 11.6 Å². The first-order valence-electron chi connectivity index (χ1n) is 5.41. The van der Waals surface area contributed by atoms with Gasteiger partial charge in [-0.1, -0.05) is 23.7 Å². The summed E-state index contributed by atoms with van der Waals surface area (Å²) in [6, 6.07) is 8.54. The van der Waals surface area contributed by atoms with Crippen molar-refractivity contribution in [2.24, 2.45) is 17.4 Å². The number of hydrogen-bond donors (Lipinski definition) is 2. The third-order valence-electron chi connectivity index (χ3n) is 3.20. The predicted octanol–water partition coefficient (Wildman–Crippen LogP) is 1.95. The first-order valence-corrected chi connectivity index (χ1v) is 5.78. The molecular formula is C12H17ClN2. The number of hydrogen-bond acceptors (Lipinski definition) is 2. The summed E-state index contributed by atoms with van der Waals surface area (Å²) >= 11 is 5.84. The average molecular weight is 225 g/mol. The molecule has 15 heavy (non-hydrogen) atoms. The highest BCUT2D eigenvalue weighted by Gasteiger charge is 2.29. The van der Waals surface area contributed by atoms with Crippen LogP contribution in [-0.4, -0.2) is 12.1 Å². The van der Waals surface area contributed by atoms with Crippen LogP contribution in [0.2, 0.25) is 5.02 Å². The van der Waals surface area contributed by atoms with Crippen LogP contribution in [0.5, 0.6) is 0 Å². The fourth-order valence-electron chi connectivity index (χ4n) is 2.36. The van der Waals surface area contributed by atoms with Gasteiger partial charge in [-0.2, -0.15) is 0 Å². The van der Waals surface area contributed by atoms with Crippen LogP contribution in [0, 0.1) is 5.92 Å². The maximum absolute atomic E-state index is 6.04. The van der Waals surface area contributed by atoms with Gasteiger partial charge in [0.1, 0.15) is 0 Å². The quantitative estimate of drug-likeness (QED) is 0.807. The van der Waals surface area contributed by atoms with E-state index in [1.54, 1.807) is 0 Å². The van der Waals surface area contributed by atoms with E-state index in [1.165, 1.54) is 5.56 Å². The minimum atomic E-state index is 0.260. The second-order valence-electron chi connectivity index (χ2n) is 4.49. The van der Waals surface area contributed by atoms with Crippen LogP contribution < -0.4 is 11.5 Å². The monoisotopic (exact) mass is 224 g/mol. The van der Waals surface area contributed by atoms with Gasteiger partial charge in [0, 0.05) is 17.1 Å². The molecule has 0 bridgehead atoms. The summed E-state index contributed by atoms with van der Waals surface area (Å²) < 4.78 is 0. The lowest BCUT2D eigenvalue weighted by molar-refractivity contribution is 0.477. The Labute approximate surface area is 95.6 Å². The van der Waals surface area contributed by atoms with Crippen molar-refractivity contribution >= 4 is 11.6 Å². The number of benzene rings is 1. The molecule has 0 saturated heterocycles. The highest BCUT2D eigenvalue weighted by atomic mass is 35.5. The highest BCUT2D eigenvalue weighted by Crippen LogP contribution is 2.27. The third-order valence-corrected chi connectivity index (χ3v) is 3.45. The second kappa shape index (κ2) is 4.52. The van der Waals surface area contributed by atoms with Crippen LogP contribution in [0.3, 0.4) is 0 Å². The molecule has 1 aliphatic rings. The van der Waals surface area contributed by atoms with Gasteiger partial charge < -0.3 is 11.5 Å². The van der Waals surface area contributed by atoms with Crippen molar-refractivity contribution < 1.29 is 0 Å². The van der Waals surface area contributed by atoms with E-state index >= 15 is 0 Å². The Morgan fingerprint density at radius 1 is 1.13 bits per heavy atom. The SMILES string of the molecule is NC1CC(N)C(Cc2ccc(Cl)cc2)C1. The molecule has 1 saturated carbocycles. The fraction of sp³-hybridized carbons (Fsp3) is 0.500. The minimum Gasteiger partial charge on any atom is -0.328 e. The maximum atomic E-state index is 6.04. The maximum Gasteiger partial charge on any atom is 0.0406 e. The molecule has 3 unspecified atom stereocenters. The zero-order chi connectivity index (χ0) is 10.8. The van der Waals surface area contributed by atoms with E-state index in [2.05, 4.69) is 12.1 Å². The molecule has 0 spiro atoms. The van der Waals surface area contributed by atoms with E-state index in [1.807, 2.05) is 12.1 Å². The molecule has 3 heteroatoms. The van der Waals surface area contributed by atoms with E-state index in [0.717, 1.165) is 24.3 Å². The van der Waals surface area contributed by atoms with E-state index < -0.39 is 0 Å². The molecule has 0 radical (unpaired) electrons. The Morgan fingerprint density at radius 2 is 1.80 bits per heavy atom. The van der Waals surface area contributed by atoms with Gasteiger partial charge in [0.05, 0.1) is 0 Å². The summed E-state index contributed by atoms with van der Waals surface area (Å²) in [7, 11) is 0. The zero-order valence-electron chi connectivity index (χ0n) is 8.70. The van der Waals surface area contributed by atoms with Crippen LogP contribution in [0.25, 0.3) is 0 Å². The molecule has 1 aromatic rings. The molecule has 3 atom stereocenters. The lowest BCUT2D eigenvalue weighted by Crippen LogP contribution is -2.26. The van der Waals surface area contributed by atoms with E-state index in [0.29, 0.717) is 5.92 Å². The summed E-state index contributed by atoms with van der Waals surface area (Å²) in [6.07, 6.45) is 3.02. The fourth-order valence-corrected chi connectivity index (χ4v) is 2.49. The predicted molar refractivity (Wildman–Crippen MR) is 63.8 cm³/mol. The first kappa shape index (κ1) is 10.9. The number of rotatable bonds is 2. The molecule has 2 nitrogen and oxygen atoms in total. The highest BCUT2D eigenvalue weighted by molar-refractivity contribution is 6.30. The molecule has 0 aliphatic heterocycles. The van der Waals surface area contributed by atoms with Crippen LogP contribution in [0.15, 0.2) is 24.3 Å². The molecule has 1 aliphatic carbocycles. The molecule has 0 heterocycles. The Morgan fingerprint density at radius 3 is 2.33 bits per heavy atom. The largest absolute Gasteiger partial charge is 0.328 e. The van der Waals surface area contributed by atoms with Crippen molar-refractivity contribution in [1.82, 2.24) is 0 Å².